The number of rotatable bonds is 7. The highest BCUT2D eigenvalue weighted by molar-refractivity contribution is 7.98. The van der Waals surface area contributed by atoms with Gasteiger partial charge in [0.2, 0.25) is 17.7 Å². The Morgan fingerprint density at radius 1 is 1.17 bits per heavy atom. The van der Waals surface area contributed by atoms with Gasteiger partial charge in [-0.3, -0.25) is 14.4 Å². The minimum Gasteiger partial charge on any atom is -0.479 e. The standard InChI is InChI=1S/C24H27Cl2N3O5S/c1-35-16-6-4-14(20(25)21(16)26)5-7-18(30)28-11-8-15(9-12-28)22(32)27-24(23(33)34)13-17(24)29-10-2-3-19(29)31/h4-7,15,17H,2-3,8-13H2,1H3,(H,27,32)(H,33,34)/b7-5+. The van der Waals surface area contributed by atoms with E-state index in [1.165, 1.54) is 17.8 Å². The Morgan fingerprint density at radius 2 is 1.89 bits per heavy atom. The van der Waals surface area contributed by atoms with Crippen LogP contribution in [0.5, 0.6) is 0 Å². The second-order valence-corrected chi connectivity index (χ2v) is 10.7. The summed E-state index contributed by atoms with van der Waals surface area (Å²) in [5.74, 6) is -2.09. The van der Waals surface area contributed by atoms with Crippen molar-refractivity contribution in [3.05, 3.63) is 33.8 Å². The molecule has 4 rings (SSSR count). The van der Waals surface area contributed by atoms with Crippen LogP contribution in [0.1, 0.15) is 37.7 Å². The lowest BCUT2D eigenvalue weighted by Gasteiger charge is -2.31. The predicted molar refractivity (Wildman–Crippen MR) is 134 cm³/mol. The molecule has 0 bridgehead atoms. The zero-order valence-corrected chi connectivity index (χ0v) is 21.6. The lowest BCUT2D eigenvalue weighted by atomic mass is 9.95. The highest BCUT2D eigenvalue weighted by Crippen LogP contribution is 2.43. The van der Waals surface area contributed by atoms with Crippen molar-refractivity contribution in [1.29, 1.82) is 0 Å². The number of carboxylic acid groups (broad SMARTS) is 1. The smallest absolute Gasteiger partial charge is 0.331 e. The van der Waals surface area contributed by atoms with Crippen molar-refractivity contribution in [3.8, 4) is 0 Å². The lowest BCUT2D eigenvalue weighted by molar-refractivity contribution is -0.145. The van der Waals surface area contributed by atoms with Crippen molar-refractivity contribution in [2.75, 3.05) is 25.9 Å². The Balaban J connectivity index is 1.31. The Labute approximate surface area is 218 Å². The van der Waals surface area contributed by atoms with E-state index in [4.69, 9.17) is 23.2 Å². The average molecular weight is 540 g/mol. The number of amides is 3. The van der Waals surface area contributed by atoms with Crippen LogP contribution in [0, 0.1) is 5.92 Å². The minimum atomic E-state index is -1.40. The third-order valence-corrected chi connectivity index (χ3v) is 8.81. The highest BCUT2D eigenvalue weighted by atomic mass is 35.5. The number of nitrogens with zero attached hydrogens (tertiary/aromatic N) is 2. The molecule has 3 fully saturated rings. The van der Waals surface area contributed by atoms with Crippen LogP contribution >= 0.6 is 35.0 Å². The van der Waals surface area contributed by atoms with E-state index in [1.807, 2.05) is 12.3 Å². The van der Waals surface area contributed by atoms with Crippen LogP contribution in [0.2, 0.25) is 10.0 Å². The first-order valence-corrected chi connectivity index (χ1v) is 13.5. The molecule has 1 saturated carbocycles. The quantitative estimate of drug-likeness (QED) is 0.406. The molecule has 1 aromatic carbocycles. The summed E-state index contributed by atoms with van der Waals surface area (Å²) >= 11 is 14.1. The van der Waals surface area contributed by atoms with Crippen LogP contribution < -0.4 is 5.32 Å². The fourth-order valence-corrected chi connectivity index (χ4v) is 5.99. The second kappa shape index (κ2) is 10.4. The third-order valence-electron chi connectivity index (χ3n) is 7.02. The predicted octanol–water partition coefficient (Wildman–Crippen LogP) is 3.30. The maximum Gasteiger partial charge on any atom is 0.331 e. The fraction of sp³-hybridized carbons (Fsp3) is 0.500. The van der Waals surface area contributed by atoms with E-state index in [0.29, 0.717) is 60.9 Å². The van der Waals surface area contributed by atoms with E-state index < -0.39 is 17.6 Å². The Kier molecular flexibility index (Phi) is 7.68. The summed E-state index contributed by atoms with van der Waals surface area (Å²) in [6, 6.07) is 3.16. The molecule has 2 atom stereocenters. The molecule has 11 heteroatoms. The number of carboxylic acids is 1. The van der Waals surface area contributed by atoms with E-state index >= 15 is 0 Å². The van der Waals surface area contributed by atoms with E-state index in [9.17, 15) is 24.3 Å². The fourth-order valence-electron chi connectivity index (χ4n) is 4.82. The van der Waals surface area contributed by atoms with Gasteiger partial charge in [-0.05, 0) is 43.2 Å². The number of aliphatic carboxylic acids is 1. The zero-order chi connectivity index (χ0) is 25.3. The molecule has 3 aliphatic rings. The molecule has 3 amide bonds. The Morgan fingerprint density at radius 3 is 2.49 bits per heavy atom. The molecule has 2 saturated heterocycles. The van der Waals surface area contributed by atoms with Gasteiger partial charge in [0.1, 0.15) is 0 Å². The van der Waals surface area contributed by atoms with Crippen molar-refractivity contribution in [1.82, 2.24) is 15.1 Å². The van der Waals surface area contributed by atoms with E-state index in [1.54, 1.807) is 21.9 Å². The SMILES string of the molecule is CSc1ccc(/C=C/C(=O)N2CCC(C(=O)NC3(C(=O)O)CC3N3CCCC3=O)CC2)c(Cl)c1Cl. The van der Waals surface area contributed by atoms with E-state index in [2.05, 4.69) is 5.32 Å². The number of halogens is 2. The second-order valence-electron chi connectivity index (χ2n) is 9.09. The summed E-state index contributed by atoms with van der Waals surface area (Å²) in [6.07, 6.45) is 7.20. The zero-order valence-electron chi connectivity index (χ0n) is 19.3. The van der Waals surface area contributed by atoms with Crippen molar-refractivity contribution >= 4 is 64.7 Å². The number of benzene rings is 1. The highest BCUT2D eigenvalue weighted by Gasteiger charge is 2.65. The number of carbonyl (C=O) groups is 4. The number of piperidine rings is 1. The van der Waals surface area contributed by atoms with Crippen molar-refractivity contribution < 1.29 is 24.3 Å². The number of nitrogens with one attached hydrogen (secondary N) is 1. The first-order chi connectivity index (χ1) is 16.7. The lowest BCUT2D eigenvalue weighted by Crippen LogP contribution is -2.52. The van der Waals surface area contributed by atoms with Crippen molar-refractivity contribution in [2.24, 2.45) is 5.92 Å². The van der Waals surface area contributed by atoms with Crippen LogP contribution in [-0.4, -0.2) is 76.1 Å². The summed E-state index contributed by atoms with van der Waals surface area (Å²) in [4.78, 5) is 53.6. The van der Waals surface area contributed by atoms with E-state index in [-0.39, 0.29) is 30.1 Å². The maximum atomic E-state index is 12.9. The first kappa shape index (κ1) is 25.9. The summed E-state index contributed by atoms with van der Waals surface area (Å²) in [5.41, 5.74) is -0.759. The van der Waals surface area contributed by atoms with Crippen LogP contribution in [0.3, 0.4) is 0 Å². The van der Waals surface area contributed by atoms with Crippen LogP contribution in [0.25, 0.3) is 6.08 Å². The molecular formula is C24H27Cl2N3O5S. The Hall–Kier alpha value is -2.23. The molecule has 0 spiro atoms. The van der Waals surface area contributed by atoms with Gasteiger partial charge in [0, 0.05) is 49.4 Å². The van der Waals surface area contributed by atoms with Crippen LogP contribution in [0.4, 0.5) is 0 Å². The number of hydrogen-bond acceptors (Lipinski definition) is 5. The average Bonchev–Trinajstić information content (AvgIpc) is 3.41. The van der Waals surface area contributed by atoms with Gasteiger partial charge in [0.15, 0.2) is 5.54 Å². The summed E-state index contributed by atoms with van der Waals surface area (Å²) in [6.45, 7) is 1.30. The normalized spacial score (nSPS) is 24.8. The molecule has 2 N–H and O–H groups in total. The molecule has 1 aromatic rings. The maximum absolute atomic E-state index is 12.9. The van der Waals surface area contributed by atoms with Crippen LogP contribution in [-0.2, 0) is 19.2 Å². The number of carbonyl (C=O) groups excluding carboxylic acids is 3. The van der Waals surface area contributed by atoms with Gasteiger partial charge in [0.05, 0.1) is 16.1 Å². The Bertz CT molecular complexity index is 1090. The molecule has 35 heavy (non-hydrogen) atoms. The summed E-state index contributed by atoms with van der Waals surface area (Å²) < 4.78 is 0. The number of likely N-dealkylation sites (tertiary alicyclic amines) is 2. The van der Waals surface area contributed by atoms with Crippen LogP contribution in [0.15, 0.2) is 23.1 Å². The van der Waals surface area contributed by atoms with Gasteiger partial charge in [-0.2, -0.15) is 0 Å². The minimum absolute atomic E-state index is 0.0593. The van der Waals surface area contributed by atoms with Gasteiger partial charge >= 0.3 is 5.97 Å². The molecular weight excluding hydrogens is 513 g/mol. The van der Waals surface area contributed by atoms with Crippen molar-refractivity contribution in [2.45, 2.75) is 48.6 Å². The van der Waals surface area contributed by atoms with Gasteiger partial charge in [-0.1, -0.05) is 29.3 Å². The first-order valence-electron chi connectivity index (χ1n) is 11.5. The van der Waals surface area contributed by atoms with Gasteiger partial charge < -0.3 is 20.2 Å². The topological polar surface area (TPSA) is 107 Å². The summed E-state index contributed by atoms with van der Waals surface area (Å²) in [5, 5.41) is 13.3. The molecule has 2 unspecified atom stereocenters. The summed E-state index contributed by atoms with van der Waals surface area (Å²) in [7, 11) is 0. The third kappa shape index (κ3) is 5.17. The largest absolute Gasteiger partial charge is 0.479 e. The van der Waals surface area contributed by atoms with Crippen molar-refractivity contribution in [3.63, 3.8) is 0 Å². The molecule has 8 nitrogen and oxygen atoms in total. The molecule has 2 heterocycles. The molecule has 1 aliphatic carbocycles. The molecule has 188 valence electrons. The molecule has 2 aliphatic heterocycles. The van der Waals surface area contributed by atoms with Gasteiger partial charge in [-0.25, -0.2) is 4.79 Å². The molecule has 0 aromatic heterocycles. The van der Waals surface area contributed by atoms with Gasteiger partial charge in [-0.15, -0.1) is 11.8 Å². The number of thioether (sulfide) groups is 1. The van der Waals surface area contributed by atoms with E-state index in [0.717, 1.165) is 4.90 Å². The number of hydrogen-bond donors (Lipinski definition) is 2. The molecule has 0 radical (unpaired) electrons. The monoisotopic (exact) mass is 539 g/mol. The van der Waals surface area contributed by atoms with Gasteiger partial charge in [0.25, 0.3) is 0 Å².